The number of rotatable bonds is 5. The molecule has 0 radical (unpaired) electrons. The Morgan fingerprint density at radius 1 is 1.17 bits per heavy atom. The third-order valence-electron chi connectivity index (χ3n) is 3.77. The lowest BCUT2D eigenvalue weighted by atomic mass is 10.2. The maximum atomic E-state index is 12.1. The molecule has 1 aliphatic heterocycles. The lowest BCUT2D eigenvalue weighted by molar-refractivity contribution is -0.130. The number of aliphatic imine (C=N–C) groups is 1. The SMILES string of the molecule is CC(C)NCC(=O)N1CCN(c2ccc(N=C(N)N)cc2)CC1. The first kappa shape index (κ1) is 17.1. The van der Waals surface area contributed by atoms with Gasteiger partial charge in [0, 0.05) is 37.9 Å². The van der Waals surface area contributed by atoms with Gasteiger partial charge in [0.2, 0.25) is 5.91 Å². The molecule has 0 aromatic heterocycles. The second-order valence-corrected chi connectivity index (χ2v) is 5.96. The molecule has 0 aliphatic carbocycles. The van der Waals surface area contributed by atoms with Gasteiger partial charge in [-0.05, 0) is 24.3 Å². The highest BCUT2D eigenvalue weighted by molar-refractivity contribution is 5.79. The molecule has 5 N–H and O–H groups in total. The second kappa shape index (κ2) is 7.82. The number of hydrogen-bond acceptors (Lipinski definition) is 4. The summed E-state index contributed by atoms with van der Waals surface area (Å²) in [6.07, 6.45) is 0. The van der Waals surface area contributed by atoms with Crippen LogP contribution in [0.2, 0.25) is 0 Å². The number of nitrogens with one attached hydrogen (secondary N) is 1. The van der Waals surface area contributed by atoms with E-state index in [-0.39, 0.29) is 11.9 Å². The van der Waals surface area contributed by atoms with Crippen LogP contribution in [-0.4, -0.2) is 55.5 Å². The summed E-state index contributed by atoms with van der Waals surface area (Å²) in [5.41, 5.74) is 12.6. The summed E-state index contributed by atoms with van der Waals surface area (Å²) in [4.78, 5) is 20.3. The molecule has 0 spiro atoms. The van der Waals surface area contributed by atoms with Crippen molar-refractivity contribution in [1.29, 1.82) is 0 Å². The van der Waals surface area contributed by atoms with Gasteiger partial charge in [-0.3, -0.25) is 4.79 Å². The van der Waals surface area contributed by atoms with Crippen LogP contribution in [0, 0.1) is 0 Å². The molecule has 1 aromatic carbocycles. The Morgan fingerprint density at radius 2 is 1.78 bits per heavy atom. The van der Waals surface area contributed by atoms with E-state index in [1.807, 2.05) is 43.0 Å². The molecular weight excluding hydrogens is 292 g/mol. The summed E-state index contributed by atoms with van der Waals surface area (Å²) < 4.78 is 0. The molecule has 7 nitrogen and oxygen atoms in total. The van der Waals surface area contributed by atoms with E-state index in [2.05, 4.69) is 15.2 Å². The van der Waals surface area contributed by atoms with Gasteiger partial charge in [-0.1, -0.05) is 13.8 Å². The number of carbonyl (C=O) groups is 1. The molecular formula is C16H26N6O. The van der Waals surface area contributed by atoms with Gasteiger partial charge < -0.3 is 26.6 Å². The van der Waals surface area contributed by atoms with Gasteiger partial charge in [-0.25, -0.2) is 4.99 Å². The second-order valence-electron chi connectivity index (χ2n) is 5.96. The monoisotopic (exact) mass is 318 g/mol. The topological polar surface area (TPSA) is 100.0 Å². The van der Waals surface area contributed by atoms with Crippen LogP contribution in [0.3, 0.4) is 0 Å². The standard InChI is InChI=1S/C16H26N6O/c1-12(2)19-11-15(23)22-9-7-21(8-10-22)14-5-3-13(4-6-14)20-16(17)18/h3-6,12,19H,7-11H2,1-2H3,(H4,17,18,20). The van der Waals surface area contributed by atoms with E-state index >= 15 is 0 Å². The smallest absolute Gasteiger partial charge is 0.236 e. The fraction of sp³-hybridized carbons (Fsp3) is 0.500. The van der Waals surface area contributed by atoms with Crippen molar-refractivity contribution in [2.75, 3.05) is 37.6 Å². The maximum Gasteiger partial charge on any atom is 0.236 e. The van der Waals surface area contributed by atoms with Gasteiger partial charge in [0.25, 0.3) is 0 Å². The largest absolute Gasteiger partial charge is 0.370 e. The highest BCUT2D eigenvalue weighted by Crippen LogP contribution is 2.21. The molecule has 1 saturated heterocycles. The predicted molar refractivity (Wildman–Crippen MR) is 93.8 cm³/mol. The maximum absolute atomic E-state index is 12.1. The van der Waals surface area contributed by atoms with E-state index in [0.29, 0.717) is 12.6 Å². The quantitative estimate of drug-likeness (QED) is 0.533. The van der Waals surface area contributed by atoms with Crippen LogP contribution >= 0.6 is 0 Å². The van der Waals surface area contributed by atoms with Crippen molar-refractivity contribution in [1.82, 2.24) is 10.2 Å². The van der Waals surface area contributed by atoms with Crippen LogP contribution in [0.5, 0.6) is 0 Å². The van der Waals surface area contributed by atoms with Crippen LogP contribution in [0.4, 0.5) is 11.4 Å². The summed E-state index contributed by atoms with van der Waals surface area (Å²) in [7, 11) is 0. The molecule has 1 aromatic rings. The first-order chi connectivity index (χ1) is 11.0. The minimum Gasteiger partial charge on any atom is -0.370 e. The van der Waals surface area contributed by atoms with Gasteiger partial charge in [-0.2, -0.15) is 0 Å². The van der Waals surface area contributed by atoms with Crippen LogP contribution in [0.25, 0.3) is 0 Å². The fourth-order valence-corrected chi connectivity index (χ4v) is 2.50. The summed E-state index contributed by atoms with van der Waals surface area (Å²) >= 11 is 0. The summed E-state index contributed by atoms with van der Waals surface area (Å²) in [6, 6.07) is 8.10. The number of hydrogen-bond donors (Lipinski definition) is 3. The molecule has 126 valence electrons. The van der Waals surface area contributed by atoms with Gasteiger partial charge in [-0.15, -0.1) is 0 Å². The van der Waals surface area contributed by atoms with Crippen LogP contribution in [-0.2, 0) is 4.79 Å². The number of nitrogens with zero attached hydrogens (tertiary/aromatic N) is 3. The van der Waals surface area contributed by atoms with Crippen molar-refractivity contribution >= 4 is 23.2 Å². The molecule has 23 heavy (non-hydrogen) atoms. The molecule has 1 heterocycles. The molecule has 1 fully saturated rings. The summed E-state index contributed by atoms with van der Waals surface area (Å²) in [6.45, 7) is 7.63. The Bertz CT molecular complexity index is 542. The van der Waals surface area contributed by atoms with E-state index in [9.17, 15) is 4.79 Å². The van der Waals surface area contributed by atoms with E-state index < -0.39 is 0 Å². The van der Waals surface area contributed by atoms with E-state index in [0.717, 1.165) is 37.6 Å². The number of guanidine groups is 1. The molecule has 1 amide bonds. The minimum absolute atomic E-state index is 0.0554. The van der Waals surface area contributed by atoms with Crippen LogP contribution in [0.1, 0.15) is 13.8 Å². The Labute approximate surface area is 137 Å². The average molecular weight is 318 g/mol. The molecule has 2 rings (SSSR count). The van der Waals surface area contributed by atoms with Crippen molar-refractivity contribution in [3.05, 3.63) is 24.3 Å². The van der Waals surface area contributed by atoms with Crippen LogP contribution in [0.15, 0.2) is 29.3 Å². The number of amides is 1. The number of carbonyl (C=O) groups excluding carboxylic acids is 1. The lowest BCUT2D eigenvalue weighted by Crippen LogP contribution is -2.51. The zero-order valence-corrected chi connectivity index (χ0v) is 13.8. The van der Waals surface area contributed by atoms with E-state index in [4.69, 9.17) is 11.5 Å². The van der Waals surface area contributed by atoms with Crippen molar-refractivity contribution in [3.8, 4) is 0 Å². The van der Waals surface area contributed by atoms with Gasteiger partial charge in [0.1, 0.15) is 0 Å². The van der Waals surface area contributed by atoms with Crippen molar-refractivity contribution in [2.45, 2.75) is 19.9 Å². The first-order valence-electron chi connectivity index (χ1n) is 7.91. The molecule has 0 bridgehead atoms. The molecule has 1 aliphatic rings. The highest BCUT2D eigenvalue weighted by Gasteiger charge is 2.21. The predicted octanol–water partition coefficient (Wildman–Crippen LogP) is 0.238. The van der Waals surface area contributed by atoms with Gasteiger partial charge in [0.05, 0.1) is 12.2 Å². The normalized spacial score (nSPS) is 14.9. The Morgan fingerprint density at radius 3 is 2.30 bits per heavy atom. The summed E-state index contributed by atoms with van der Waals surface area (Å²) in [5.74, 6) is 0.223. The molecule has 0 atom stereocenters. The van der Waals surface area contributed by atoms with Crippen molar-refractivity contribution < 1.29 is 4.79 Å². The highest BCUT2D eigenvalue weighted by atomic mass is 16.2. The molecule has 0 unspecified atom stereocenters. The van der Waals surface area contributed by atoms with E-state index in [1.165, 1.54) is 0 Å². The minimum atomic E-state index is 0.0554. The summed E-state index contributed by atoms with van der Waals surface area (Å²) in [5, 5.41) is 3.17. The Kier molecular flexibility index (Phi) is 5.81. The average Bonchev–Trinajstić information content (AvgIpc) is 2.53. The molecule has 7 heteroatoms. The Balaban J connectivity index is 1.86. The number of benzene rings is 1. The lowest BCUT2D eigenvalue weighted by Gasteiger charge is -2.36. The first-order valence-corrected chi connectivity index (χ1v) is 7.91. The van der Waals surface area contributed by atoms with Crippen molar-refractivity contribution in [2.24, 2.45) is 16.5 Å². The van der Waals surface area contributed by atoms with Gasteiger partial charge >= 0.3 is 0 Å². The van der Waals surface area contributed by atoms with Gasteiger partial charge in [0.15, 0.2) is 5.96 Å². The van der Waals surface area contributed by atoms with Crippen LogP contribution < -0.4 is 21.7 Å². The zero-order valence-electron chi connectivity index (χ0n) is 13.8. The zero-order chi connectivity index (χ0) is 16.8. The number of piperazine rings is 1. The Hall–Kier alpha value is -2.28. The third kappa shape index (κ3) is 5.14. The number of anilines is 1. The fourth-order valence-electron chi connectivity index (χ4n) is 2.50. The van der Waals surface area contributed by atoms with Crippen molar-refractivity contribution in [3.63, 3.8) is 0 Å². The third-order valence-corrected chi connectivity index (χ3v) is 3.77. The molecule has 0 saturated carbocycles. The number of nitrogens with two attached hydrogens (primary N) is 2. The van der Waals surface area contributed by atoms with E-state index in [1.54, 1.807) is 0 Å².